The average Bonchev–Trinajstić information content (AvgIpc) is 3.17. The Balaban J connectivity index is 1.72. The number of aromatic nitrogens is 2. The largest absolute Gasteiger partial charge is 0.453 e. The van der Waals surface area contributed by atoms with E-state index in [0.29, 0.717) is 38.5 Å². The maximum atomic E-state index is 13.4. The van der Waals surface area contributed by atoms with Crippen LogP contribution in [0.2, 0.25) is 0 Å². The van der Waals surface area contributed by atoms with Gasteiger partial charge in [-0.05, 0) is 12.8 Å². The second-order valence-electron chi connectivity index (χ2n) is 7.40. The number of amides is 2. The molecule has 8 heteroatoms. The summed E-state index contributed by atoms with van der Waals surface area (Å²) in [6.45, 7) is 2.70. The first-order chi connectivity index (χ1) is 14.1. The van der Waals surface area contributed by atoms with Gasteiger partial charge in [-0.1, -0.05) is 30.3 Å². The van der Waals surface area contributed by atoms with E-state index in [0.717, 1.165) is 29.9 Å². The standard InChI is InChI=1S/C21H26N4O4/c1-23(16-8-12-29-13-9-16)20(26)18-17-14-24(21(27)28-2)10-11-25(17)19(22-18)15-6-4-3-5-7-15/h3-7,16H,8-14H2,1-2H3. The maximum Gasteiger partial charge on any atom is 0.409 e. The third-order valence-corrected chi connectivity index (χ3v) is 5.73. The molecule has 0 N–H and O–H groups in total. The van der Waals surface area contributed by atoms with E-state index in [2.05, 4.69) is 4.57 Å². The lowest BCUT2D eigenvalue weighted by molar-refractivity contribution is 0.0357. The van der Waals surface area contributed by atoms with E-state index in [4.69, 9.17) is 14.5 Å². The predicted octanol–water partition coefficient (Wildman–Crippen LogP) is 2.38. The lowest BCUT2D eigenvalue weighted by Crippen LogP contribution is -2.42. The van der Waals surface area contributed by atoms with Crippen molar-refractivity contribution in [3.05, 3.63) is 41.7 Å². The van der Waals surface area contributed by atoms with Crippen LogP contribution in [0, 0.1) is 0 Å². The molecule has 2 aliphatic rings. The third-order valence-electron chi connectivity index (χ3n) is 5.73. The molecule has 8 nitrogen and oxygen atoms in total. The zero-order valence-electron chi connectivity index (χ0n) is 16.8. The quantitative estimate of drug-likeness (QED) is 0.793. The van der Waals surface area contributed by atoms with Crippen molar-refractivity contribution >= 4 is 12.0 Å². The number of carbonyl (C=O) groups is 2. The highest BCUT2D eigenvalue weighted by atomic mass is 16.5. The fourth-order valence-electron chi connectivity index (χ4n) is 4.04. The summed E-state index contributed by atoms with van der Waals surface area (Å²) in [5.41, 5.74) is 2.11. The minimum absolute atomic E-state index is 0.116. The molecule has 0 unspecified atom stereocenters. The van der Waals surface area contributed by atoms with Gasteiger partial charge in [-0.15, -0.1) is 0 Å². The van der Waals surface area contributed by atoms with Crippen molar-refractivity contribution < 1.29 is 19.1 Å². The van der Waals surface area contributed by atoms with Gasteiger partial charge in [0.1, 0.15) is 5.82 Å². The van der Waals surface area contributed by atoms with Gasteiger partial charge in [-0.3, -0.25) is 4.79 Å². The number of rotatable bonds is 3. The van der Waals surface area contributed by atoms with E-state index >= 15 is 0 Å². The second kappa shape index (κ2) is 8.24. The van der Waals surface area contributed by atoms with Gasteiger partial charge >= 0.3 is 6.09 Å². The summed E-state index contributed by atoms with van der Waals surface area (Å²) in [5, 5.41) is 0. The number of methoxy groups -OCH3 is 1. The summed E-state index contributed by atoms with van der Waals surface area (Å²) in [5.74, 6) is 0.642. The van der Waals surface area contributed by atoms with E-state index < -0.39 is 6.09 Å². The van der Waals surface area contributed by atoms with Crippen molar-refractivity contribution in [2.75, 3.05) is 33.9 Å². The topological polar surface area (TPSA) is 76.9 Å². The molecule has 2 aromatic rings. The Bertz CT molecular complexity index is 890. The van der Waals surface area contributed by atoms with Crippen LogP contribution in [0.1, 0.15) is 29.0 Å². The molecule has 154 valence electrons. The van der Waals surface area contributed by atoms with Crippen molar-refractivity contribution in [2.45, 2.75) is 32.0 Å². The highest BCUT2D eigenvalue weighted by molar-refractivity contribution is 5.94. The van der Waals surface area contributed by atoms with Crippen LogP contribution in [0.15, 0.2) is 30.3 Å². The Morgan fingerprint density at radius 3 is 2.59 bits per heavy atom. The Morgan fingerprint density at radius 1 is 1.17 bits per heavy atom. The van der Waals surface area contributed by atoms with Crippen molar-refractivity contribution in [1.29, 1.82) is 0 Å². The number of nitrogens with zero attached hydrogens (tertiary/aromatic N) is 4. The van der Waals surface area contributed by atoms with E-state index in [1.54, 1.807) is 9.80 Å². The van der Waals surface area contributed by atoms with Crippen LogP contribution in [-0.2, 0) is 22.6 Å². The average molecular weight is 398 g/mol. The highest BCUT2D eigenvalue weighted by Gasteiger charge is 2.33. The molecule has 0 aliphatic carbocycles. The first-order valence-corrected chi connectivity index (χ1v) is 9.92. The van der Waals surface area contributed by atoms with Crippen molar-refractivity contribution in [2.24, 2.45) is 0 Å². The fourth-order valence-corrected chi connectivity index (χ4v) is 4.04. The Hall–Kier alpha value is -2.87. The van der Waals surface area contributed by atoms with Gasteiger partial charge in [-0.2, -0.15) is 0 Å². The maximum absolute atomic E-state index is 13.4. The summed E-state index contributed by atoms with van der Waals surface area (Å²) >= 11 is 0. The molecular formula is C21H26N4O4. The number of ether oxygens (including phenoxy) is 2. The van der Waals surface area contributed by atoms with E-state index in [9.17, 15) is 9.59 Å². The summed E-state index contributed by atoms with van der Waals surface area (Å²) in [4.78, 5) is 33.6. The number of hydrogen-bond donors (Lipinski definition) is 0. The van der Waals surface area contributed by atoms with Crippen molar-refractivity contribution in [3.8, 4) is 11.4 Å². The Labute approximate surface area is 170 Å². The SMILES string of the molecule is COC(=O)N1CCn2c(-c3ccccc3)nc(C(=O)N(C)C3CCOCC3)c2C1. The summed E-state index contributed by atoms with van der Waals surface area (Å²) in [6.07, 6.45) is 1.24. The van der Waals surface area contributed by atoms with Crippen LogP contribution in [0.25, 0.3) is 11.4 Å². The molecule has 0 atom stereocenters. The first kappa shape index (κ1) is 19.4. The van der Waals surface area contributed by atoms with Crippen LogP contribution in [0.4, 0.5) is 4.79 Å². The van der Waals surface area contributed by atoms with Gasteiger partial charge < -0.3 is 23.8 Å². The zero-order chi connectivity index (χ0) is 20.4. The van der Waals surface area contributed by atoms with Crippen LogP contribution < -0.4 is 0 Å². The first-order valence-electron chi connectivity index (χ1n) is 9.92. The Morgan fingerprint density at radius 2 is 1.90 bits per heavy atom. The fraction of sp³-hybridized carbons (Fsp3) is 0.476. The number of carbonyl (C=O) groups excluding carboxylic acids is 2. The van der Waals surface area contributed by atoms with Gasteiger partial charge in [0.25, 0.3) is 5.91 Å². The van der Waals surface area contributed by atoms with Gasteiger partial charge in [0, 0.05) is 45.0 Å². The van der Waals surface area contributed by atoms with Crippen LogP contribution in [0.3, 0.4) is 0 Å². The number of imidazole rings is 1. The van der Waals surface area contributed by atoms with Gasteiger partial charge in [0.15, 0.2) is 5.69 Å². The molecule has 1 aromatic carbocycles. The number of hydrogen-bond acceptors (Lipinski definition) is 5. The highest BCUT2D eigenvalue weighted by Crippen LogP contribution is 2.28. The van der Waals surface area contributed by atoms with Crippen LogP contribution in [0.5, 0.6) is 0 Å². The molecular weight excluding hydrogens is 372 g/mol. The molecule has 1 aromatic heterocycles. The van der Waals surface area contributed by atoms with E-state index in [-0.39, 0.29) is 11.9 Å². The monoisotopic (exact) mass is 398 g/mol. The van der Waals surface area contributed by atoms with E-state index in [1.807, 2.05) is 37.4 Å². The minimum Gasteiger partial charge on any atom is -0.453 e. The number of fused-ring (bicyclic) bond motifs is 1. The van der Waals surface area contributed by atoms with Crippen molar-refractivity contribution in [1.82, 2.24) is 19.4 Å². The van der Waals surface area contributed by atoms with Crippen molar-refractivity contribution in [3.63, 3.8) is 0 Å². The normalized spacial score (nSPS) is 17.0. The minimum atomic E-state index is -0.394. The molecule has 0 bridgehead atoms. The molecule has 4 rings (SSSR count). The smallest absolute Gasteiger partial charge is 0.409 e. The second-order valence-corrected chi connectivity index (χ2v) is 7.40. The summed E-state index contributed by atoms with van der Waals surface area (Å²) < 4.78 is 12.4. The lowest BCUT2D eigenvalue weighted by Gasteiger charge is -2.32. The van der Waals surface area contributed by atoms with Gasteiger partial charge in [0.2, 0.25) is 0 Å². The molecule has 2 amide bonds. The van der Waals surface area contributed by atoms with Crippen LogP contribution in [-0.4, -0.2) is 71.3 Å². The molecule has 3 heterocycles. The molecule has 0 spiro atoms. The molecule has 2 aliphatic heterocycles. The molecule has 0 radical (unpaired) electrons. The van der Waals surface area contributed by atoms with Gasteiger partial charge in [0.05, 0.1) is 19.3 Å². The lowest BCUT2D eigenvalue weighted by atomic mass is 10.1. The Kier molecular flexibility index (Phi) is 5.53. The summed E-state index contributed by atoms with van der Waals surface area (Å²) in [7, 11) is 3.20. The molecule has 1 fully saturated rings. The molecule has 0 saturated carbocycles. The van der Waals surface area contributed by atoms with Crippen LogP contribution >= 0.6 is 0 Å². The summed E-state index contributed by atoms with van der Waals surface area (Å²) in [6, 6.07) is 9.96. The zero-order valence-corrected chi connectivity index (χ0v) is 16.8. The molecule has 1 saturated heterocycles. The van der Waals surface area contributed by atoms with Gasteiger partial charge in [-0.25, -0.2) is 9.78 Å². The van der Waals surface area contributed by atoms with E-state index in [1.165, 1.54) is 7.11 Å². The number of benzene rings is 1. The predicted molar refractivity (Wildman–Crippen MR) is 106 cm³/mol. The third kappa shape index (κ3) is 3.72. The molecule has 29 heavy (non-hydrogen) atoms.